The van der Waals surface area contributed by atoms with E-state index in [-0.39, 0.29) is 29.8 Å². The van der Waals surface area contributed by atoms with Crippen LogP contribution in [0.5, 0.6) is 0 Å². The molecule has 5 nitrogen and oxygen atoms in total. The fourth-order valence-electron chi connectivity index (χ4n) is 4.04. The van der Waals surface area contributed by atoms with Gasteiger partial charge in [0, 0.05) is 18.0 Å². The van der Waals surface area contributed by atoms with Gasteiger partial charge < -0.3 is 14.5 Å². The number of likely N-dealkylation sites (tertiary alicyclic amines) is 2. The van der Waals surface area contributed by atoms with Gasteiger partial charge in [0.25, 0.3) is 0 Å². The molecule has 2 fully saturated rings. The van der Waals surface area contributed by atoms with Gasteiger partial charge in [0.1, 0.15) is 5.60 Å². The number of rotatable bonds is 4. The van der Waals surface area contributed by atoms with E-state index in [9.17, 15) is 18.4 Å². The molecule has 2 heterocycles. The molecule has 8 heteroatoms. The van der Waals surface area contributed by atoms with E-state index in [1.54, 1.807) is 4.90 Å². The number of hydrogen-bond donors (Lipinski definition) is 0. The smallest absolute Gasteiger partial charge is 0.410 e. The first-order valence-electron chi connectivity index (χ1n) is 10.0. The van der Waals surface area contributed by atoms with Crippen molar-refractivity contribution >= 4 is 23.8 Å². The molecular weight excluding hydrogens is 398 g/mol. The highest BCUT2D eigenvalue weighted by molar-refractivity contribution is 8.00. The van der Waals surface area contributed by atoms with E-state index in [1.165, 1.54) is 17.8 Å². The van der Waals surface area contributed by atoms with Crippen molar-refractivity contribution in [3.8, 4) is 0 Å². The summed E-state index contributed by atoms with van der Waals surface area (Å²) in [5.74, 6) is -1.71. The monoisotopic (exact) mass is 426 g/mol. The van der Waals surface area contributed by atoms with Gasteiger partial charge in [-0.15, -0.1) is 11.8 Å². The summed E-state index contributed by atoms with van der Waals surface area (Å²) in [5.41, 5.74) is -0.559. The van der Waals surface area contributed by atoms with Gasteiger partial charge >= 0.3 is 6.09 Å². The molecule has 29 heavy (non-hydrogen) atoms. The van der Waals surface area contributed by atoms with E-state index in [2.05, 4.69) is 0 Å². The molecular formula is C21H28F2N2O3S. The maximum atomic E-state index is 13.4. The zero-order valence-corrected chi connectivity index (χ0v) is 17.9. The number of hydrogen-bond acceptors (Lipinski definition) is 4. The first-order chi connectivity index (χ1) is 13.7. The van der Waals surface area contributed by atoms with Crippen molar-refractivity contribution in [2.45, 2.75) is 69.0 Å². The zero-order valence-electron chi connectivity index (χ0n) is 17.1. The number of nitrogens with zero attached hydrogens (tertiary/aromatic N) is 2. The van der Waals surface area contributed by atoms with E-state index in [4.69, 9.17) is 4.74 Å². The van der Waals surface area contributed by atoms with Crippen molar-refractivity contribution in [1.29, 1.82) is 0 Å². The van der Waals surface area contributed by atoms with E-state index in [1.807, 2.05) is 25.7 Å². The Balaban J connectivity index is 1.63. The predicted octanol–water partition coefficient (Wildman–Crippen LogP) is 4.45. The molecule has 2 aliphatic heterocycles. The van der Waals surface area contributed by atoms with Crippen LogP contribution in [-0.4, -0.2) is 58.3 Å². The minimum absolute atomic E-state index is 0.0249. The summed E-state index contributed by atoms with van der Waals surface area (Å²) in [6.45, 7) is 6.83. The molecule has 2 amide bonds. The zero-order chi connectivity index (χ0) is 21.2. The molecule has 2 saturated heterocycles. The highest BCUT2D eigenvalue weighted by atomic mass is 32.2. The minimum atomic E-state index is -0.916. The molecule has 0 aromatic heterocycles. The normalized spacial score (nSPS) is 22.2. The summed E-state index contributed by atoms with van der Waals surface area (Å²) in [6, 6.07) is 3.58. The summed E-state index contributed by atoms with van der Waals surface area (Å²) in [4.78, 5) is 29.6. The molecule has 0 radical (unpaired) electrons. The Bertz CT molecular complexity index is 769. The third kappa shape index (κ3) is 5.41. The van der Waals surface area contributed by atoms with Gasteiger partial charge in [0.15, 0.2) is 11.6 Å². The average Bonchev–Trinajstić information content (AvgIpc) is 3.29. The summed E-state index contributed by atoms with van der Waals surface area (Å²) in [7, 11) is 0. The van der Waals surface area contributed by atoms with Crippen molar-refractivity contribution in [2.75, 3.05) is 18.8 Å². The Hall–Kier alpha value is -1.83. The highest BCUT2D eigenvalue weighted by Gasteiger charge is 2.42. The lowest BCUT2D eigenvalue weighted by Crippen LogP contribution is -2.51. The van der Waals surface area contributed by atoms with Crippen LogP contribution in [0.2, 0.25) is 0 Å². The fraction of sp³-hybridized carbons (Fsp3) is 0.619. The second kappa shape index (κ2) is 8.90. The van der Waals surface area contributed by atoms with Crippen molar-refractivity contribution in [3.63, 3.8) is 0 Å². The maximum Gasteiger partial charge on any atom is 0.410 e. The Morgan fingerprint density at radius 1 is 1.07 bits per heavy atom. The molecule has 0 N–H and O–H groups in total. The van der Waals surface area contributed by atoms with E-state index in [0.29, 0.717) is 18.0 Å². The Kier molecular flexibility index (Phi) is 6.71. The molecule has 0 bridgehead atoms. The van der Waals surface area contributed by atoms with E-state index < -0.39 is 17.2 Å². The van der Waals surface area contributed by atoms with Crippen LogP contribution in [0.4, 0.5) is 13.6 Å². The Morgan fingerprint density at radius 3 is 2.31 bits per heavy atom. The lowest BCUT2D eigenvalue weighted by molar-refractivity contribution is -0.130. The summed E-state index contributed by atoms with van der Waals surface area (Å²) < 4.78 is 32.0. The van der Waals surface area contributed by atoms with Crippen LogP contribution in [-0.2, 0) is 9.53 Å². The largest absolute Gasteiger partial charge is 0.444 e. The Labute approximate surface area is 174 Å². The number of carbonyl (C=O) groups is 2. The second-order valence-electron chi connectivity index (χ2n) is 8.54. The van der Waals surface area contributed by atoms with E-state index in [0.717, 1.165) is 37.8 Å². The SMILES string of the molecule is CC(C)(C)OC(=O)N1CCC[C@@H]1[C@H]1CCCN1C(=O)CSc1ccc(F)c(F)c1. The molecule has 0 unspecified atom stereocenters. The standard InChI is InChI=1S/C21H28F2N2O3S/c1-21(2,3)28-20(27)25-11-5-7-18(25)17-6-4-10-24(17)19(26)13-29-14-8-9-15(22)16(23)12-14/h8-9,12,17-18H,4-7,10-11,13H2,1-3H3/t17-,18-/m1/s1. The number of ether oxygens (including phenoxy) is 1. The molecule has 160 valence electrons. The molecule has 1 aromatic carbocycles. The van der Waals surface area contributed by atoms with Crippen molar-refractivity contribution in [2.24, 2.45) is 0 Å². The summed E-state index contributed by atoms with van der Waals surface area (Å²) in [5, 5.41) is 0. The summed E-state index contributed by atoms with van der Waals surface area (Å²) in [6.07, 6.45) is 3.17. The average molecular weight is 427 g/mol. The second-order valence-corrected chi connectivity index (χ2v) is 9.59. The van der Waals surface area contributed by atoms with Gasteiger partial charge in [-0.2, -0.15) is 0 Å². The lowest BCUT2D eigenvalue weighted by atomic mass is 10.0. The third-order valence-corrected chi connectivity index (χ3v) is 6.22. The number of thioether (sulfide) groups is 1. The molecule has 2 aliphatic rings. The number of carbonyl (C=O) groups excluding carboxylic acids is 2. The highest BCUT2D eigenvalue weighted by Crippen LogP contribution is 2.32. The number of benzene rings is 1. The molecule has 3 rings (SSSR count). The minimum Gasteiger partial charge on any atom is -0.444 e. The van der Waals surface area contributed by atoms with Crippen molar-refractivity contribution in [3.05, 3.63) is 29.8 Å². The van der Waals surface area contributed by atoms with Crippen LogP contribution < -0.4 is 0 Å². The van der Waals surface area contributed by atoms with Crippen LogP contribution in [0.3, 0.4) is 0 Å². The first kappa shape index (κ1) is 21.9. The van der Waals surface area contributed by atoms with Crippen molar-refractivity contribution in [1.82, 2.24) is 9.80 Å². The maximum absolute atomic E-state index is 13.4. The quantitative estimate of drug-likeness (QED) is 0.668. The van der Waals surface area contributed by atoms with Gasteiger partial charge in [-0.3, -0.25) is 4.79 Å². The van der Waals surface area contributed by atoms with E-state index >= 15 is 0 Å². The number of amides is 2. The van der Waals surface area contributed by atoms with Crippen LogP contribution in [0, 0.1) is 11.6 Å². The van der Waals surface area contributed by atoms with Crippen LogP contribution in [0.25, 0.3) is 0 Å². The summed E-state index contributed by atoms with van der Waals surface area (Å²) >= 11 is 1.19. The molecule has 1 aromatic rings. The lowest BCUT2D eigenvalue weighted by Gasteiger charge is -2.35. The molecule has 2 atom stereocenters. The molecule has 0 aliphatic carbocycles. The predicted molar refractivity (Wildman–Crippen MR) is 108 cm³/mol. The van der Waals surface area contributed by atoms with Crippen LogP contribution in [0.15, 0.2) is 23.1 Å². The van der Waals surface area contributed by atoms with Gasteiger partial charge in [-0.25, -0.2) is 13.6 Å². The van der Waals surface area contributed by atoms with Gasteiger partial charge in [0.05, 0.1) is 17.8 Å². The topological polar surface area (TPSA) is 49.9 Å². The van der Waals surface area contributed by atoms with Crippen LogP contribution >= 0.6 is 11.8 Å². The van der Waals surface area contributed by atoms with Gasteiger partial charge in [-0.05, 0) is 64.7 Å². The number of halogens is 2. The van der Waals surface area contributed by atoms with Gasteiger partial charge in [-0.1, -0.05) is 0 Å². The third-order valence-electron chi connectivity index (χ3n) is 5.24. The Morgan fingerprint density at radius 2 is 1.69 bits per heavy atom. The fourth-order valence-corrected chi connectivity index (χ4v) is 4.84. The van der Waals surface area contributed by atoms with Crippen molar-refractivity contribution < 1.29 is 23.1 Å². The molecule has 0 spiro atoms. The molecule has 0 saturated carbocycles. The first-order valence-corrected chi connectivity index (χ1v) is 11.0. The van der Waals surface area contributed by atoms with Crippen LogP contribution in [0.1, 0.15) is 46.5 Å². The van der Waals surface area contributed by atoms with Gasteiger partial charge in [0.2, 0.25) is 5.91 Å².